The van der Waals surface area contributed by atoms with Crippen molar-refractivity contribution in [2.75, 3.05) is 58.2 Å². The van der Waals surface area contributed by atoms with Crippen LogP contribution in [0.1, 0.15) is 40.0 Å². The molecule has 2 amide bonds. The van der Waals surface area contributed by atoms with Gasteiger partial charge in [0.05, 0.1) is 29.4 Å². The van der Waals surface area contributed by atoms with Crippen molar-refractivity contribution in [1.82, 2.24) is 24.3 Å². The standard InChI is InChI=1S/C27H40N6O5/c1-26(2,3)38-25(36)32-11-8-27(37,9-12-32)18-33-19-28-22-17-20(5-6-21(22)24(33)35)29-23(34)7-10-31-15-13-30(4)14-16-31/h5-6,17,19,37H,7-16,18H2,1-4H3,(H,29,34). The summed E-state index contributed by atoms with van der Waals surface area (Å²) in [7, 11) is 2.10. The molecule has 208 valence electrons. The average molecular weight is 529 g/mol. The van der Waals surface area contributed by atoms with Gasteiger partial charge in [-0.25, -0.2) is 9.78 Å². The molecule has 2 aliphatic heterocycles. The normalized spacial score (nSPS) is 18.9. The molecular formula is C27H40N6O5. The number of amides is 2. The molecule has 2 aromatic rings. The van der Waals surface area contributed by atoms with E-state index < -0.39 is 17.3 Å². The van der Waals surface area contributed by atoms with Crippen molar-refractivity contribution in [2.45, 2.75) is 57.8 Å². The van der Waals surface area contributed by atoms with Gasteiger partial charge in [-0.15, -0.1) is 0 Å². The molecular weight excluding hydrogens is 488 g/mol. The third-order valence-corrected chi connectivity index (χ3v) is 7.17. The molecule has 4 rings (SSSR count). The minimum atomic E-state index is -1.13. The number of anilines is 1. The van der Waals surface area contributed by atoms with E-state index >= 15 is 0 Å². The number of likely N-dealkylation sites (tertiary alicyclic amines) is 1. The van der Waals surface area contributed by atoms with Crippen molar-refractivity contribution < 1.29 is 19.4 Å². The summed E-state index contributed by atoms with van der Waals surface area (Å²) in [4.78, 5) is 48.5. The Hall–Kier alpha value is -3.02. The molecule has 0 atom stereocenters. The quantitative estimate of drug-likeness (QED) is 0.582. The first-order valence-corrected chi connectivity index (χ1v) is 13.3. The summed E-state index contributed by atoms with van der Waals surface area (Å²) < 4.78 is 6.84. The number of likely N-dealkylation sites (N-methyl/N-ethyl adjacent to an activating group) is 1. The number of ether oxygens (including phenoxy) is 1. The first-order chi connectivity index (χ1) is 17.9. The SMILES string of the molecule is CN1CCN(CCC(=O)Nc2ccc3c(=O)n(CC4(O)CCN(C(=O)OC(C)(C)C)CC4)cnc3c2)CC1. The third-order valence-electron chi connectivity index (χ3n) is 7.17. The summed E-state index contributed by atoms with van der Waals surface area (Å²) in [6.07, 6.45) is 2.10. The maximum absolute atomic E-state index is 13.1. The van der Waals surface area contributed by atoms with Gasteiger partial charge in [0, 0.05) is 57.9 Å². The minimum absolute atomic E-state index is 0.0726. The van der Waals surface area contributed by atoms with Crippen molar-refractivity contribution in [2.24, 2.45) is 0 Å². The molecule has 1 aromatic carbocycles. The maximum Gasteiger partial charge on any atom is 0.410 e. The number of benzene rings is 1. The maximum atomic E-state index is 13.1. The molecule has 0 spiro atoms. The number of rotatable bonds is 6. The fourth-order valence-corrected chi connectivity index (χ4v) is 4.81. The van der Waals surface area contributed by atoms with Crippen LogP contribution in [0.2, 0.25) is 0 Å². The summed E-state index contributed by atoms with van der Waals surface area (Å²) in [5.74, 6) is -0.0726. The van der Waals surface area contributed by atoms with Crippen LogP contribution in [0.15, 0.2) is 29.3 Å². The smallest absolute Gasteiger partial charge is 0.410 e. The molecule has 2 aliphatic rings. The van der Waals surface area contributed by atoms with Crippen molar-refractivity contribution in [3.63, 3.8) is 0 Å². The van der Waals surface area contributed by atoms with E-state index in [1.54, 1.807) is 23.1 Å². The molecule has 11 nitrogen and oxygen atoms in total. The molecule has 3 heterocycles. The first kappa shape index (κ1) is 28.0. The Morgan fingerprint density at radius 2 is 1.79 bits per heavy atom. The predicted molar refractivity (Wildman–Crippen MR) is 145 cm³/mol. The number of fused-ring (bicyclic) bond motifs is 1. The minimum Gasteiger partial charge on any atom is -0.444 e. The average Bonchev–Trinajstić information content (AvgIpc) is 2.85. The van der Waals surface area contributed by atoms with Crippen LogP contribution in [-0.4, -0.2) is 105 Å². The second-order valence-corrected chi connectivity index (χ2v) is 11.5. The Kier molecular flexibility index (Phi) is 8.39. The number of hydrogen-bond acceptors (Lipinski definition) is 8. The molecule has 0 unspecified atom stereocenters. The zero-order valence-electron chi connectivity index (χ0n) is 22.9. The zero-order valence-corrected chi connectivity index (χ0v) is 22.9. The second kappa shape index (κ2) is 11.4. The summed E-state index contributed by atoms with van der Waals surface area (Å²) in [5, 5.41) is 14.5. The molecule has 0 aliphatic carbocycles. The van der Waals surface area contributed by atoms with E-state index in [0.717, 1.165) is 26.2 Å². The molecule has 1 aromatic heterocycles. The van der Waals surface area contributed by atoms with Crippen molar-refractivity contribution in [1.29, 1.82) is 0 Å². The monoisotopic (exact) mass is 528 g/mol. The Balaban J connectivity index is 1.34. The lowest BCUT2D eigenvalue weighted by atomic mass is 9.91. The van der Waals surface area contributed by atoms with Gasteiger partial charge in [0.25, 0.3) is 5.56 Å². The molecule has 0 saturated carbocycles. The van der Waals surface area contributed by atoms with E-state index in [0.29, 0.717) is 55.5 Å². The number of nitrogens with one attached hydrogen (secondary N) is 1. The predicted octanol–water partition coefficient (Wildman–Crippen LogP) is 1.73. The van der Waals surface area contributed by atoms with E-state index in [2.05, 4.69) is 27.1 Å². The van der Waals surface area contributed by atoms with Crippen molar-refractivity contribution in [3.05, 3.63) is 34.9 Å². The highest BCUT2D eigenvalue weighted by molar-refractivity contribution is 5.93. The number of carbonyl (C=O) groups excluding carboxylic acids is 2. The summed E-state index contributed by atoms with van der Waals surface area (Å²) >= 11 is 0. The van der Waals surface area contributed by atoms with Crippen LogP contribution >= 0.6 is 0 Å². The van der Waals surface area contributed by atoms with Gasteiger partial charge in [0.15, 0.2) is 0 Å². The second-order valence-electron chi connectivity index (χ2n) is 11.5. The highest BCUT2D eigenvalue weighted by Crippen LogP contribution is 2.25. The fourth-order valence-electron chi connectivity index (χ4n) is 4.81. The van der Waals surface area contributed by atoms with E-state index in [-0.39, 0.29) is 18.0 Å². The fraction of sp³-hybridized carbons (Fsp3) is 0.630. The first-order valence-electron chi connectivity index (χ1n) is 13.3. The number of aliphatic hydroxyl groups is 1. The van der Waals surface area contributed by atoms with Crippen LogP contribution in [-0.2, 0) is 16.1 Å². The molecule has 0 radical (unpaired) electrons. The van der Waals surface area contributed by atoms with Gasteiger partial charge >= 0.3 is 6.09 Å². The Morgan fingerprint density at radius 1 is 1.11 bits per heavy atom. The van der Waals surface area contributed by atoms with E-state index in [1.165, 1.54) is 10.9 Å². The molecule has 38 heavy (non-hydrogen) atoms. The van der Waals surface area contributed by atoms with Crippen LogP contribution in [0, 0.1) is 0 Å². The largest absolute Gasteiger partial charge is 0.444 e. The Morgan fingerprint density at radius 3 is 2.45 bits per heavy atom. The van der Waals surface area contributed by atoms with Crippen molar-refractivity contribution >= 4 is 28.6 Å². The van der Waals surface area contributed by atoms with E-state index in [9.17, 15) is 19.5 Å². The summed E-state index contributed by atoms with van der Waals surface area (Å²) in [6, 6.07) is 5.06. The van der Waals surface area contributed by atoms with Crippen LogP contribution in [0.3, 0.4) is 0 Å². The topological polar surface area (TPSA) is 120 Å². The molecule has 2 N–H and O–H groups in total. The lowest BCUT2D eigenvalue weighted by Gasteiger charge is -2.38. The van der Waals surface area contributed by atoms with Gasteiger partial charge < -0.3 is 29.9 Å². The van der Waals surface area contributed by atoms with Crippen LogP contribution < -0.4 is 10.9 Å². The summed E-state index contributed by atoms with van der Waals surface area (Å²) in [6.45, 7) is 10.9. The van der Waals surface area contributed by atoms with E-state index in [1.807, 2.05) is 20.8 Å². The zero-order chi connectivity index (χ0) is 27.5. The van der Waals surface area contributed by atoms with Gasteiger partial charge in [0.2, 0.25) is 5.91 Å². The van der Waals surface area contributed by atoms with Gasteiger partial charge in [-0.05, 0) is 58.9 Å². The Labute approximate surface area is 223 Å². The lowest BCUT2D eigenvalue weighted by Crippen LogP contribution is -2.50. The van der Waals surface area contributed by atoms with Crippen LogP contribution in [0.5, 0.6) is 0 Å². The molecule has 2 fully saturated rings. The summed E-state index contributed by atoms with van der Waals surface area (Å²) in [5.41, 5.74) is -0.892. The van der Waals surface area contributed by atoms with Crippen LogP contribution in [0.4, 0.5) is 10.5 Å². The lowest BCUT2D eigenvalue weighted by molar-refractivity contribution is -0.116. The Bertz CT molecular complexity index is 1210. The number of hydrogen-bond donors (Lipinski definition) is 2. The van der Waals surface area contributed by atoms with Gasteiger partial charge in [0.1, 0.15) is 5.60 Å². The number of nitrogens with zero attached hydrogens (tertiary/aromatic N) is 5. The highest BCUT2D eigenvalue weighted by Gasteiger charge is 2.36. The van der Waals surface area contributed by atoms with Gasteiger partial charge in [-0.2, -0.15) is 0 Å². The molecule has 2 saturated heterocycles. The molecule has 0 bridgehead atoms. The van der Waals surface area contributed by atoms with E-state index in [4.69, 9.17) is 4.74 Å². The number of aromatic nitrogens is 2. The van der Waals surface area contributed by atoms with Gasteiger partial charge in [-0.3, -0.25) is 14.2 Å². The number of piperidine rings is 1. The van der Waals surface area contributed by atoms with Crippen LogP contribution in [0.25, 0.3) is 10.9 Å². The van der Waals surface area contributed by atoms with Gasteiger partial charge in [-0.1, -0.05) is 0 Å². The highest BCUT2D eigenvalue weighted by atomic mass is 16.6. The number of piperazine rings is 1. The molecule has 11 heteroatoms. The van der Waals surface area contributed by atoms with Crippen molar-refractivity contribution in [3.8, 4) is 0 Å². The third kappa shape index (κ3) is 7.30. The number of carbonyl (C=O) groups is 2.